The molecule has 1 N–H and O–H groups in total. The second-order valence-corrected chi connectivity index (χ2v) is 8.76. The summed E-state index contributed by atoms with van der Waals surface area (Å²) in [4.78, 5) is 13.8. The Balaban J connectivity index is 1.38. The predicted molar refractivity (Wildman–Crippen MR) is 114 cm³/mol. The molecule has 0 fully saturated rings. The molecule has 1 aromatic heterocycles. The predicted octanol–water partition coefficient (Wildman–Crippen LogP) is 4.08. The van der Waals surface area contributed by atoms with Crippen LogP contribution in [0.25, 0.3) is 0 Å². The molecular weight excluding hydrogens is 388 g/mol. The van der Waals surface area contributed by atoms with Gasteiger partial charge in [0.2, 0.25) is 5.91 Å². The number of hydrogen-bond donors (Lipinski definition) is 1. The van der Waals surface area contributed by atoms with Gasteiger partial charge in [0.1, 0.15) is 5.82 Å². The van der Waals surface area contributed by atoms with E-state index >= 15 is 0 Å². The van der Waals surface area contributed by atoms with E-state index in [1.807, 2.05) is 49.0 Å². The maximum absolute atomic E-state index is 12.6. The number of carbonyl (C=O) groups excluding carboxylic acids is 1. The van der Waals surface area contributed by atoms with Crippen LogP contribution in [0.1, 0.15) is 29.4 Å². The monoisotopic (exact) mass is 410 g/mol. The van der Waals surface area contributed by atoms with Gasteiger partial charge < -0.3 is 9.88 Å². The highest BCUT2D eigenvalue weighted by atomic mass is 32.2. The van der Waals surface area contributed by atoms with Crippen LogP contribution in [0.3, 0.4) is 0 Å². The van der Waals surface area contributed by atoms with Gasteiger partial charge in [0.25, 0.3) is 0 Å². The second kappa shape index (κ2) is 8.84. The lowest BCUT2D eigenvalue weighted by atomic mass is 10.0. The zero-order valence-electron chi connectivity index (χ0n) is 15.7. The number of benzene rings is 2. The van der Waals surface area contributed by atoms with Gasteiger partial charge in [0.05, 0.1) is 18.3 Å². The van der Waals surface area contributed by atoms with E-state index in [1.54, 1.807) is 0 Å². The molecule has 1 amide bonds. The first kappa shape index (κ1) is 19.1. The molecule has 2 aromatic carbocycles. The van der Waals surface area contributed by atoms with Gasteiger partial charge >= 0.3 is 0 Å². The number of nitrogens with zero attached hydrogens (tertiary/aromatic N) is 3. The van der Waals surface area contributed by atoms with Crippen molar-refractivity contribution >= 4 is 29.4 Å². The number of rotatable bonds is 6. The highest BCUT2D eigenvalue weighted by molar-refractivity contribution is 7.99. The summed E-state index contributed by atoms with van der Waals surface area (Å²) < 4.78 is 2.06. The lowest BCUT2D eigenvalue weighted by molar-refractivity contribution is -0.119. The van der Waals surface area contributed by atoms with Crippen LogP contribution in [-0.2, 0) is 11.3 Å². The summed E-state index contributed by atoms with van der Waals surface area (Å²) in [5, 5.41) is 12.4. The number of nitrogens with one attached hydrogen (secondary N) is 1. The number of carbonyl (C=O) groups is 1. The standard InChI is InChI=1S/C21H22N4OS2/c1-15-23-24-21(25(15)13-16-7-3-2-4-8-16)28-14-20(26)22-18-11-12-27-19-10-6-5-9-17(18)19/h2-10,18H,11-14H2,1H3,(H,22,26)/t18-/m1/s1. The van der Waals surface area contributed by atoms with Crippen LogP contribution in [0, 0.1) is 6.92 Å². The van der Waals surface area contributed by atoms with Crippen molar-refractivity contribution in [2.45, 2.75) is 36.0 Å². The number of thioether (sulfide) groups is 2. The van der Waals surface area contributed by atoms with Crippen LogP contribution < -0.4 is 5.32 Å². The molecule has 1 aliphatic heterocycles. The fraction of sp³-hybridized carbons (Fsp3) is 0.286. The van der Waals surface area contributed by atoms with E-state index in [1.165, 1.54) is 27.8 Å². The Kier molecular flexibility index (Phi) is 6.02. The van der Waals surface area contributed by atoms with Gasteiger partial charge in [-0.2, -0.15) is 0 Å². The van der Waals surface area contributed by atoms with Crippen molar-refractivity contribution in [2.75, 3.05) is 11.5 Å². The number of aromatic nitrogens is 3. The topological polar surface area (TPSA) is 59.8 Å². The normalized spacial score (nSPS) is 15.8. The lowest BCUT2D eigenvalue weighted by Crippen LogP contribution is -2.32. The van der Waals surface area contributed by atoms with Gasteiger partial charge in [-0.3, -0.25) is 4.79 Å². The molecule has 0 aliphatic carbocycles. The molecular formula is C21H22N4OS2. The van der Waals surface area contributed by atoms with E-state index in [-0.39, 0.29) is 11.9 Å². The third kappa shape index (κ3) is 4.42. The number of hydrogen-bond acceptors (Lipinski definition) is 5. The maximum atomic E-state index is 12.6. The minimum absolute atomic E-state index is 0.0311. The van der Waals surface area contributed by atoms with Crippen molar-refractivity contribution in [3.05, 3.63) is 71.5 Å². The maximum Gasteiger partial charge on any atom is 0.230 e. The molecule has 4 rings (SSSR count). The summed E-state index contributed by atoms with van der Waals surface area (Å²) >= 11 is 3.29. The van der Waals surface area contributed by atoms with Gasteiger partial charge in [-0.1, -0.05) is 60.3 Å². The largest absolute Gasteiger partial charge is 0.348 e. The number of aryl methyl sites for hydroxylation is 1. The SMILES string of the molecule is Cc1nnc(SCC(=O)N[C@@H]2CCSc3ccccc32)n1Cc1ccccc1. The average Bonchev–Trinajstić information content (AvgIpc) is 3.07. The molecule has 1 atom stereocenters. The first-order valence-electron chi connectivity index (χ1n) is 9.28. The zero-order chi connectivity index (χ0) is 19.3. The van der Waals surface area contributed by atoms with Crippen molar-refractivity contribution in [1.82, 2.24) is 20.1 Å². The smallest absolute Gasteiger partial charge is 0.230 e. The quantitative estimate of drug-likeness (QED) is 0.621. The summed E-state index contributed by atoms with van der Waals surface area (Å²) in [6.45, 7) is 2.65. The number of fused-ring (bicyclic) bond motifs is 1. The first-order valence-corrected chi connectivity index (χ1v) is 11.3. The Morgan fingerprint density at radius 3 is 2.82 bits per heavy atom. The first-order chi connectivity index (χ1) is 13.7. The summed E-state index contributed by atoms with van der Waals surface area (Å²) in [7, 11) is 0. The molecule has 0 bridgehead atoms. The van der Waals surface area contributed by atoms with Gasteiger partial charge in [0, 0.05) is 10.6 Å². The van der Waals surface area contributed by atoms with Crippen LogP contribution in [-0.4, -0.2) is 32.2 Å². The Morgan fingerprint density at radius 1 is 1.18 bits per heavy atom. The molecule has 0 saturated heterocycles. The van der Waals surface area contributed by atoms with E-state index in [4.69, 9.17) is 0 Å². The highest BCUT2D eigenvalue weighted by Gasteiger charge is 2.22. The fourth-order valence-corrected chi connectivity index (χ4v) is 5.19. The van der Waals surface area contributed by atoms with E-state index in [9.17, 15) is 4.79 Å². The summed E-state index contributed by atoms with van der Waals surface area (Å²) in [6.07, 6.45) is 0.960. The van der Waals surface area contributed by atoms with Crippen LogP contribution in [0.2, 0.25) is 0 Å². The second-order valence-electron chi connectivity index (χ2n) is 6.69. The molecule has 144 valence electrons. The van der Waals surface area contributed by atoms with Crippen molar-refractivity contribution in [1.29, 1.82) is 0 Å². The average molecular weight is 411 g/mol. The molecule has 1 aliphatic rings. The van der Waals surface area contributed by atoms with Crippen LogP contribution >= 0.6 is 23.5 Å². The van der Waals surface area contributed by atoms with Crippen molar-refractivity contribution in [3.63, 3.8) is 0 Å². The van der Waals surface area contributed by atoms with Crippen molar-refractivity contribution in [3.8, 4) is 0 Å². The molecule has 2 heterocycles. The minimum Gasteiger partial charge on any atom is -0.348 e. The summed E-state index contributed by atoms with van der Waals surface area (Å²) in [6, 6.07) is 18.6. The summed E-state index contributed by atoms with van der Waals surface area (Å²) in [5.41, 5.74) is 2.41. The Labute approximate surface area is 173 Å². The minimum atomic E-state index is 0.0311. The molecule has 7 heteroatoms. The Bertz CT molecular complexity index is 958. The molecule has 3 aromatic rings. The lowest BCUT2D eigenvalue weighted by Gasteiger charge is -2.25. The Hall–Kier alpha value is -2.25. The van der Waals surface area contributed by atoms with Crippen LogP contribution in [0.4, 0.5) is 0 Å². The van der Waals surface area contributed by atoms with Crippen LogP contribution in [0.15, 0.2) is 64.6 Å². The van der Waals surface area contributed by atoms with E-state index in [0.29, 0.717) is 12.3 Å². The zero-order valence-corrected chi connectivity index (χ0v) is 17.3. The van der Waals surface area contributed by atoms with Gasteiger partial charge in [-0.15, -0.1) is 22.0 Å². The third-order valence-electron chi connectivity index (χ3n) is 4.71. The molecule has 0 spiro atoms. The third-order valence-corrected chi connectivity index (χ3v) is 6.80. The molecule has 0 saturated carbocycles. The fourth-order valence-electron chi connectivity index (χ4n) is 3.27. The van der Waals surface area contributed by atoms with E-state index < -0.39 is 0 Å². The molecule has 0 radical (unpaired) electrons. The van der Waals surface area contributed by atoms with Gasteiger partial charge in [-0.05, 0) is 30.5 Å². The van der Waals surface area contributed by atoms with Gasteiger partial charge in [0.15, 0.2) is 5.16 Å². The van der Waals surface area contributed by atoms with E-state index in [0.717, 1.165) is 23.2 Å². The van der Waals surface area contributed by atoms with Gasteiger partial charge in [-0.25, -0.2) is 0 Å². The molecule has 0 unspecified atom stereocenters. The van der Waals surface area contributed by atoms with E-state index in [2.05, 4.69) is 44.3 Å². The summed E-state index contributed by atoms with van der Waals surface area (Å²) in [5.74, 6) is 2.24. The molecule has 5 nitrogen and oxygen atoms in total. The van der Waals surface area contributed by atoms with Crippen molar-refractivity contribution in [2.24, 2.45) is 0 Å². The van der Waals surface area contributed by atoms with Crippen molar-refractivity contribution < 1.29 is 4.79 Å². The Morgan fingerprint density at radius 2 is 1.96 bits per heavy atom. The highest BCUT2D eigenvalue weighted by Crippen LogP contribution is 2.35. The van der Waals surface area contributed by atoms with Crippen LogP contribution in [0.5, 0.6) is 0 Å². The number of amides is 1. The molecule has 28 heavy (non-hydrogen) atoms.